The summed E-state index contributed by atoms with van der Waals surface area (Å²) in [5.74, 6) is 0.551. The van der Waals surface area contributed by atoms with Gasteiger partial charge in [-0.15, -0.1) is 0 Å². The maximum atomic E-state index is 12.2. The van der Waals surface area contributed by atoms with E-state index in [0.29, 0.717) is 37.0 Å². The molecule has 1 amide bonds. The number of amides is 1. The van der Waals surface area contributed by atoms with Crippen LogP contribution in [0, 0.1) is 10.1 Å². The molecule has 25 heavy (non-hydrogen) atoms. The lowest BCUT2D eigenvalue weighted by atomic mass is 10.2. The largest absolute Gasteiger partial charge is 0.465 e. The van der Waals surface area contributed by atoms with Gasteiger partial charge in [-0.3, -0.25) is 14.9 Å². The van der Waals surface area contributed by atoms with Crippen molar-refractivity contribution in [3.8, 4) is 0 Å². The van der Waals surface area contributed by atoms with Gasteiger partial charge in [0.15, 0.2) is 0 Å². The molecule has 1 fully saturated rings. The van der Waals surface area contributed by atoms with Crippen LogP contribution in [0.4, 0.5) is 11.4 Å². The van der Waals surface area contributed by atoms with Gasteiger partial charge in [-0.05, 0) is 24.3 Å². The van der Waals surface area contributed by atoms with Crippen molar-refractivity contribution >= 4 is 35.0 Å². The molecule has 2 heterocycles. The Hall–Kier alpha value is -2.80. The summed E-state index contributed by atoms with van der Waals surface area (Å²) in [6.45, 7) is 2.32. The number of piperazine rings is 1. The van der Waals surface area contributed by atoms with Gasteiger partial charge < -0.3 is 14.2 Å². The van der Waals surface area contributed by atoms with E-state index in [9.17, 15) is 14.9 Å². The quantitative estimate of drug-likeness (QED) is 0.474. The lowest BCUT2D eigenvalue weighted by Crippen LogP contribution is -2.48. The van der Waals surface area contributed by atoms with Crippen LogP contribution in [0.5, 0.6) is 0 Å². The molecule has 1 saturated heterocycles. The Morgan fingerprint density at radius 1 is 1.24 bits per heavy atom. The molecule has 7 nitrogen and oxygen atoms in total. The second kappa shape index (κ2) is 7.40. The van der Waals surface area contributed by atoms with Crippen LogP contribution in [0.3, 0.4) is 0 Å². The SMILES string of the molecule is O=C(C=Cc1ccco1)N1CCN(c2ccc([N+](=O)[O-])cc2Cl)CC1. The molecule has 2 aromatic rings. The number of rotatable bonds is 4. The van der Waals surface area contributed by atoms with E-state index in [2.05, 4.69) is 0 Å². The van der Waals surface area contributed by atoms with Crippen LogP contribution in [0.25, 0.3) is 6.08 Å². The van der Waals surface area contributed by atoms with Crippen LogP contribution in [-0.2, 0) is 4.79 Å². The fourth-order valence-corrected chi connectivity index (χ4v) is 2.97. The fourth-order valence-electron chi connectivity index (χ4n) is 2.68. The van der Waals surface area contributed by atoms with E-state index >= 15 is 0 Å². The lowest BCUT2D eigenvalue weighted by molar-refractivity contribution is -0.384. The topological polar surface area (TPSA) is 79.8 Å². The second-order valence-electron chi connectivity index (χ2n) is 5.55. The Bertz CT molecular complexity index is 796. The van der Waals surface area contributed by atoms with Crippen LogP contribution in [0.1, 0.15) is 5.76 Å². The first kappa shape index (κ1) is 17.0. The van der Waals surface area contributed by atoms with E-state index in [1.807, 2.05) is 4.90 Å². The molecule has 1 aliphatic heterocycles. The predicted octanol–water partition coefficient (Wildman–Crippen LogP) is 3.20. The summed E-state index contributed by atoms with van der Waals surface area (Å²) >= 11 is 6.16. The summed E-state index contributed by atoms with van der Waals surface area (Å²) in [5.41, 5.74) is 0.705. The first-order valence-electron chi connectivity index (χ1n) is 7.74. The van der Waals surface area contributed by atoms with E-state index in [-0.39, 0.29) is 11.6 Å². The first-order chi connectivity index (χ1) is 12.0. The zero-order valence-electron chi connectivity index (χ0n) is 13.3. The number of nitro groups is 1. The second-order valence-corrected chi connectivity index (χ2v) is 5.96. The molecular weight excluding hydrogens is 346 g/mol. The predicted molar refractivity (Wildman–Crippen MR) is 94.6 cm³/mol. The zero-order chi connectivity index (χ0) is 17.8. The van der Waals surface area contributed by atoms with Gasteiger partial charge in [-0.1, -0.05) is 11.6 Å². The maximum Gasteiger partial charge on any atom is 0.271 e. The highest BCUT2D eigenvalue weighted by atomic mass is 35.5. The molecule has 1 aromatic carbocycles. The van der Waals surface area contributed by atoms with Gasteiger partial charge in [-0.2, -0.15) is 0 Å². The standard InChI is InChI=1S/C17H16ClN3O4/c18-15-12-13(21(23)24)3-5-16(15)19-7-9-20(10-8-19)17(22)6-4-14-2-1-11-25-14/h1-6,11-12H,7-10H2. The Labute approximate surface area is 149 Å². The molecule has 0 spiro atoms. The molecule has 1 aromatic heterocycles. The minimum absolute atomic E-state index is 0.0365. The number of benzene rings is 1. The van der Waals surface area contributed by atoms with E-state index in [0.717, 1.165) is 5.69 Å². The summed E-state index contributed by atoms with van der Waals surface area (Å²) in [6, 6.07) is 7.97. The molecule has 0 radical (unpaired) electrons. The molecular formula is C17H16ClN3O4. The summed E-state index contributed by atoms with van der Waals surface area (Å²) in [4.78, 5) is 26.3. The normalized spacial score (nSPS) is 14.9. The van der Waals surface area contributed by atoms with E-state index in [1.165, 1.54) is 18.2 Å². The highest BCUT2D eigenvalue weighted by molar-refractivity contribution is 6.33. The average molecular weight is 362 g/mol. The minimum Gasteiger partial charge on any atom is -0.465 e. The summed E-state index contributed by atoms with van der Waals surface area (Å²) in [6.07, 6.45) is 4.69. The molecule has 3 rings (SSSR count). The molecule has 0 unspecified atom stereocenters. The van der Waals surface area contributed by atoms with Gasteiger partial charge in [0.05, 0.1) is 21.9 Å². The van der Waals surface area contributed by atoms with E-state index < -0.39 is 4.92 Å². The number of hydrogen-bond donors (Lipinski definition) is 0. The van der Waals surface area contributed by atoms with Crippen molar-refractivity contribution in [2.45, 2.75) is 0 Å². The van der Waals surface area contributed by atoms with Crippen molar-refractivity contribution in [3.63, 3.8) is 0 Å². The van der Waals surface area contributed by atoms with Gasteiger partial charge >= 0.3 is 0 Å². The van der Waals surface area contributed by atoms with Crippen LogP contribution >= 0.6 is 11.6 Å². The van der Waals surface area contributed by atoms with Crippen LogP contribution in [-0.4, -0.2) is 41.9 Å². The number of carbonyl (C=O) groups excluding carboxylic acids is 1. The highest BCUT2D eigenvalue weighted by Crippen LogP contribution is 2.30. The maximum absolute atomic E-state index is 12.2. The molecule has 130 valence electrons. The van der Waals surface area contributed by atoms with Crippen molar-refractivity contribution in [2.24, 2.45) is 0 Å². The first-order valence-corrected chi connectivity index (χ1v) is 8.12. The van der Waals surface area contributed by atoms with Crippen molar-refractivity contribution in [3.05, 3.63) is 63.6 Å². The van der Waals surface area contributed by atoms with Crippen molar-refractivity contribution in [1.29, 1.82) is 0 Å². The van der Waals surface area contributed by atoms with E-state index in [4.69, 9.17) is 16.0 Å². The van der Waals surface area contributed by atoms with Crippen LogP contribution < -0.4 is 4.90 Å². The van der Waals surface area contributed by atoms with E-state index in [1.54, 1.807) is 35.4 Å². The third-order valence-corrected chi connectivity index (χ3v) is 4.31. The molecule has 0 N–H and O–H groups in total. The van der Waals surface area contributed by atoms with Crippen LogP contribution in [0.15, 0.2) is 47.1 Å². The summed E-state index contributed by atoms with van der Waals surface area (Å²) in [5, 5.41) is 11.1. The highest BCUT2D eigenvalue weighted by Gasteiger charge is 2.22. The Morgan fingerprint density at radius 3 is 2.60 bits per heavy atom. The molecule has 0 bridgehead atoms. The molecule has 0 aliphatic carbocycles. The third-order valence-electron chi connectivity index (χ3n) is 4.01. The third kappa shape index (κ3) is 4.00. The van der Waals surface area contributed by atoms with Crippen molar-refractivity contribution in [1.82, 2.24) is 4.90 Å². The summed E-state index contributed by atoms with van der Waals surface area (Å²) < 4.78 is 5.16. The number of carbonyl (C=O) groups is 1. The fraction of sp³-hybridized carbons (Fsp3) is 0.235. The number of furan rings is 1. The number of anilines is 1. The van der Waals surface area contributed by atoms with Gasteiger partial charge in [0.2, 0.25) is 5.91 Å². The number of halogens is 1. The van der Waals surface area contributed by atoms with Gasteiger partial charge in [0, 0.05) is 44.4 Å². The smallest absolute Gasteiger partial charge is 0.271 e. The number of nitrogens with zero attached hydrogens (tertiary/aromatic N) is 3. The Balaban J connectivity index is 1.60. The zero-order valence-corrected chi connectivity index (χ0v) is 14.1. The molecule has 0 atom stereocenters. The average Bonchev–Trinajstić information content (AvgIpc) is 3.13. The Kier molecular flexibility index (Phi) is 5.04. The van der Waals surface area contributed by atoms with Gasteiger partial charge in [0.1, 0.15) is 5.76 Å². The number of hydrogen-bond acceptors (Lipinski definition) is 5. The van der Waals surface area contributed by atoms with Crippen molar-refractivity contribution in [2.75, 3.05) is 31.1 Å². The van der Waals surface area contributed by atoms with Crippen LogP contribution in [0.2, 0.25) is 5.02 Å². The molecule has 1 aliphatic rings. The monoisotopic (exact) mass is 361 g/mol. The molecule has 0 saturated carbocycles. The number of non-ortho nitro benzene ring substituents is 1. The lowest BCUT2D eigenvalue weighted by Gasteiger charge is -2.36. The minimum atomic E-state index is -0.475. The summed E-state index contributed by atoms with van der Waals surface area (Å²) in [7, 11) is 0. The Morgan fingerprint density at radius 2 is 2.00 bits per heavy atom. The van der Waals surface area contributed by atoms with Gasteiger partial charge in [-0.25, -0.2) is 0 Å². The van der Waals surface area contributed by atoms with Gasteiger partial charge in [0.25, 0.3) is 5.69 Å². The molecule has 8 heteroatoms. The van der Waals surface area contributed by atoms with Crippen molar-refractivity contribution < 1.29 is 14.1 Å². The number of nitro benzene ring substituents is 1.